The molecule has 3 heteroatoms. The number of aliphatic hydroxyl groups is 1. The van der Waals surface area contributed by atoms with Crippen LogP contribution in [0.4, 0.5) is 0 Å². The summed E-state index contributed by atoms with van der Waals surface area (Å²) in [6, 6.07) is 10.4. The molecular weight excluding hydrogens is 260 g/mol. The first-order valence-corrected chi connectivity index (χ1v) is 8.09. The van der Waals surface area contributed by atoms with Gasteiger partial charge in [0.25, 0.3) is 0 Å². The fourth-order valence-corrected chi connectivity index (χ4v) is 2.80. The molecule has 0 aromatic heterocycles. The third-order valence-electron chi connectivity index (χ3n) is 4.04. The first kappa shape index (κ1) is 16.2. The maximum absolute atomic E-state index is 10.5. The molecule has 2 rings (SSSR count). The fourth-order valence-electron chi connectivity index (χ4n) is 2.80. The zero-order valence-corrected chi connectivity index (χ0v) is 13.1. The number of hydrogen-bond acceptors (Lipinski definition) is 3. The molecule has 0 radical (unpaired) electrons. The third-order valence-corrected chi connectivity index (χ3v) is 4.04. The van der Waals surface area contributed by atoms with Crippen molar-refractivity contribution < 1.29 is 5.11 Å². The van der Waals surface area contributed by atoms with Crippen LogP contribution in [0.25, 0.3) is 6.08 Å². The molecule has 1 heterocycles. The van der Waals surface area contributed by atoms with Crippen LogP contribution in [0.5, 0.6) is 0 Å². The van der Waals surface area contributed by atoms with Gasteiger partial charge in [-0.15, -0.1) is 0 Å². The fraction of sp³-hybridized carbons (Fsp3) is 0.556. The van der Waals surface area contributed by atoms with Crippen molar-refractivity contribution in [1.29, 1.82) is 0 Å². The number of rotatable bonds is 8. The minimum absolute atomic E-state index is 0.547. The van der Waals surface area contributed by atoms with Gasteiger partial charge < -0.3 is 10.4 Å². The van der Waals surface area contributed by atoms with Crippen LogP contribution in [0.2, 0.25) is 0 Å². The molecule has 2 N–H and O–H groups in total. The molecule has 1 aliphatic heterocycles. The highest BCUT2D eigenvalue weighted by molar-refractivity contribution is 5.48. The molecule has 0 amide bonds. The molecule has 1 aliphatic rings. The van der Waals surface area contributed by atoms with Crippen molar-refractivity contribution in [3.05, 3.63) is 42.0 Å². The first-order chi connectivity index (χ1) is 10.2. The molecule has 0 saturated carbocycles. The quantitative estimate of drug-likeness (QED) is 0.771. The minimum Gasteiger partial charge on any atom is -0.387 e. The van der Waals surface area contributed by atoms with Crippen LogP contribution in [0.15, 0.2) is 36.4 Å². The number of nitrogens with zero attached hydrogens (tertiary/aromatic N) is 1. The van der Waals surface area contributed by atoms with Gasteiger partial charge in [0.2, 0.25) is 0 Å². The second kappa shape index (κ2) is 8.32. The third kappa shape index (κ3) is 5.62. The average molecular weight is 288 g/mol. The van der Waals surface area contributed by atoms with Crippen LogP contribution in [0.1, 0.15) is 31.7 Å². The van der Waals surface area contributed by atoms with Gasteiger partial charge in [-0.3, -0.25) is 4.90 Å². The summed E-state index contributed by atoms with van der Waals surface area (Å²) < 4.78 is 0. The zero-order valence-electron chi connectivity index (χ0n) is 13.1. The number of benzene rings is 1. The smallest absolute Gasteiger partial charge is 0.0909 e. The molecule has 0 bridgehead atoms. The maximum Gasteiger partial charge on any atom is 0.0909 e. The minimum atomic E-state index is -0.547. The van der Waals surface area contributed by atoms with Crippen molar-refractivity contribution >= 4 is 6.08 Å². The van der Waals surface area contributed by atoms with Crippen molar-refractivity contribution in [3.8, 4) is 0 Å². The van der Waals surface area contributed by atoms with E-state index in [4.69, 9.17) is 0 Å². The van der Waals surface area contributed by atoms with Crippen molar-refractivity contribution in [2.75, 3.05) is 32.7 Å². The summed E-state index contributed by atoms with van der Waals surface area (Å²) in [5.74, 6) is 0. The van der Waals surface area contributed by atoms with E-state index in [9.17, 15) is 5.11 Å². The number of β-amino-alcohol motifs (C(OH)–C–C–N with tert-alkyl or cyclic N) is 1. The van der Waals surface area contributed by atoms with Gasteiger partial charge in [-0.1, -0.05) is 55.8 Å². The highest BCUT2D eigenvalue weighted by Crippen LogP contribution is 2.16. The Morgan fingerprint density at radius 1 is 1.33 bits per heavy atom. The van der Waals surface area contributed by atoms with E-state index in [0.29, 0.717) is 0 Å². The van der Waals surface area contributed by atoms with Crippen molar-refractivity contribution in [1.82, 2.24) is 10.2 Å². The summed E-state index contributed by atoms with van der Waals surface area (Å²) in [6.07, 6.45) is 7.60. The van der Waals surface area contributed by atoms with Crippen molar-refractivity contribution in [3.63, 3.8) is 0 Å². The lowest BCUT2D eigenvalue weighted by Gasteiger charge is -2.30. The summed E-state index contributed by atoms with van der Waals surface area (Å²) in [6.45, 7) is 6.58. The second-order valence-electron chi connectivity index (χ2n) is 6.05. The van der Waals surface area contributed by atoms with Gasteiger partial charge in [-0.2, -0.15) is 0 Å². The average Bonchev–Trinajstić information content (AvgIpc) is 2.92. The molecule has 0 aliphatic carbocycles. The van der Waals surface area contributed by atoms with E-state index in [1.54, 1.807) is 0 Å². The van der Waals surface area contributed by atoms with E-state index < -0.39 is 5.60 Å². The summed E-state index contributed by atoms with van der Waals surface area (Å²) in [5.41, 5.74) is 0.683. The van der Waals surface area contributed by atoms with Crippen molar-refractivity contribution in [2.45, 2.75) is 31.8 Å². The zero-order chi connectivity index (χ0) is 15.0. The van der Waals surface area contributed by atoms with E-state index in [0.717, 1.165) is 39.1 Å². The normalized spacial score (nSPS) is 22.4. The topological polar surface area (TPSA) is 35.5 Å². The molecule has 0 spiro atoms. The second-order valence-corrected chi connectivity index (χ2v) is 6.05. The summed E-state index contributed by atoms with van der Waals surface area (Å²) >= 11 is 0. The maximum atomic E-state index is 10.5. The molecule has 1 fully saturated rings. The van der Waals surface area contributed by atoms with E-state index in [2.05, 4.69) is 53.6 Å². The van der Waals surface area contributed by atoms with E-state index in [1.807, 2.05) is 6.07 Å². The Hall–Kier alpha value is -1.16. The lowest BCUT2D eigenvalue weighted by Crippen LogP contribution is -2.45. The monoisotopic (exact) mass is 288 g/mol. The van der Waals surface area contributed by atoms with Crippen LogP contribution in [-0.2, 0) is 0 Å². The lowest BCUT2D eigenvalue weighted by atomic mass is 10.0. The van der Waals surface area contributed by atoms with Crippen LogP contribution < -0.4 is 5.32 Å². The van der Waals surface area contributed by atoms with Crippen LogP contribution in [-0.4, -0.2) is 48.3 Å². The predicted molar refractivity (Wildman–Crippen MR) is 89.3 cm³/mol. The summed E-state index contributed by atoms with van der Waals surface area (Å²) in [7, 11) is 0. The molecule has 0 unspecified atom stereocenters. The number of hydrogen-bond donors (Lipinski definition) is 2. The molecule has 116 valence electrons. The van der Waals surface area contributed by atoms with Gasteiger partial charge in [0.1, 0.15) is 0 Å². The highest BCUT2D eigenvalue weighted by Gasteiger charge is 2.32. The van der Waals surface area contributed by atoms with E-state index in [-0.39, 0.29) is 0 Å². The molecule has 1 saturated heterocycles. The van der Waals surface area contributed by atoms with Gasteiger partial charge in [0.05, 0.1) is 5.60 Å². The van der Waals surface area contributed by atoms with E-state index in [1.165, 1.54) is 18.4 Å². The summed E-state index contributed by atoms with van der Waals surface area (Å²) in [5, 5.41) is 13.8. The van der Waals surface area contributed by atoms with Gasteiger partial charge in [-0.25, -0.2) is 0 Å². The van der Waals surface area contributed by atoms with E-state index >= 15 is 0 Å². The standard InChI is InChI=1S/C18H28N2O/c1-2-3-13-20(16-18(21)11-12-19-15-18)14-7-10-17-8-5-4-6-9-17/h4-10,19,21H,2-3,11-16H2,1H3/b10-7+/t18-/m1/s1. The molecule has 1 atom stereocenters. The van der Waals surface area contributed by atoms with Crippen LogP contribution in [0, 0.1) is 0 Å². The molecule has 3 nitrogen and oxygen atoms in total. The van der Waals surface area contributed by atoms with Crippen LogP contribution in [0.3, 0.4) is 0 Å². The molecular formula is C18H28N2O. The molecule has 1 aromatic carbocycles. The molecule has 1 aromatic rings. The largest absolute Gasteiger partial charge is 0.387 e. The lowest BCUT2D eigenvalue weighted by molar-refractivity contribution is 0.0239. The number of unbranched alkanes of at least 4 members (excludes halogenated alkanes) is 1. The SMILES string of the molecule is CCCCN(C/C=C/c1ccccc1)C[C@@]1(O)CCNC1. The first-order valence-electron chi connectivity index (χ1n) is 8.09. The van der Waals surface area contributed by atoms with Gasteiger partial charge >= 0.3 is 0 Å². The van der Waals surface area contributed by atoms with Crippen molar-refractivity contribution in [2.24, 2.45) is 0 Å². The predicted octanol–water partition coefficient (Wildman–Crippen LogP) is 2.53. The Bertz CT molecular complexity index is 424. The Balaban J connectivity index is 1.88. The summed E-state index contributed by atoms with van der Waals surface area (Å²) in [4.78, 5) is 2.37. The Labute approximate surface area is 128 Å². The highest BCUT2D eigenvalue weighted by atomic mass is 16.3. The molecule has 21 heavy (non-hydrogen) atoms. The Morgan fingerprint density at radius 3 is 2.81 bits per heavy atom. The van der Waals surface area contributed by atoms with Gasteiger partial charge in [-0.05, 0) is 31.5 Å². The Morgan fingerprint density at radius 2 is 2.14 bits per heavy atom. The van der Waals surface area contributed by atoms with Gasteiger partial charge in [0.15, 0.2) is 0 Å². The van der Waals surface area contributed by atoms with Crippen LogP contribution >= 0.6 is 0 Å². The number of nitrogens with one attached hydrogen (secondary N) is 1. The van der Waals surface area contributed by atoms with Gasteiger partial charge in [0, 0.05) is 19.6 Å². The Kier molecular flexibility index (Phi) is 6.43.